The van der Waals surface area contributed by atoms with Crippen molar-refractivity contribution < 1.29 is 0 Å². The summed E-state index contributed by atoms with van der Waals surface area (Å²) < 4.78 is 0. The highest BCUT2D eigenvalue weighted by Gasteiger charge is 2.40. The van der Waals surface area contributed by atoms with Gasteiger partial charge in [-0.15, -0.1) is 0 Å². The first-order chi connectivity index (χ1) is 8.70. The number of hydrogen-bond donors (Lipinski definition) is 1. The van der Waals surface area contributed by atoms with Crippen molar-refractivity contribution in [3.63, 3.8) is 0 Å². The molecule has 1 spiro atoms. The lowest BCUT2D eigenvalue weighted by atomic mass is 9.67. The van der Waals surface area contributed by atoms with E-state index in [-0.39, 0.29) is 5.54 Å². The van der Waals surface area contributed by atoms with Crippen LogP contribution in [0.4, 0.5) is 0 Å². The Morgan fingerprint density at radius 3 is 1.94 bits per heavy atom. The van der Waals surface area contributed by atoms with Gasteiger partial charge >= 0.3 is 0 Å². The van der Waals surface area contributed by atoms with Crippen LogP contribution in [0.25, 0.3) is 0 Å². The molecule has 1 saturated carbocycles. The Morgan fingerprint density at radius 1 is 0.944 bits per heavy atom. The minimum Gasteiger partial charge on any atom is -0.329 e. The van der Waals surface area contributed by atoms with Gasteiger partial charge in [-0.05, 0) is 57.0 Å². The molecule has 1 saturated heterocycles. The molecular weight excluding hydrogens is 220 g/mol. The van der Waals surface area contributed by atoms with Gasteiger partial charge in [0.25, 0.3) is 0 Å². The van der Waals surface area contributed by atoms with Crippen molar-refractivity contribution in [2.24, 2.45) is 11.1 Å². The van der Waals surface area contributed by atoms with Gasteiger partial charge < -0.3 is 5.73 Å². The van der Waals surface area contributed by atoms with Gasteiger partial charge in [0.15, 0.2) is 0 Å². The first-order valence-corrected chi connectivity index (χ1v) is 8.15. The van der Waals surface area contributed by atoms with Crippen LogP contribution in [0.5, 0.6) is 0 Å². The molecule has 0 aromatic rings. The van der Waals surface area contributed by atoms with Crippen LogP contribution < -0.4 is 5.73 Å². The summed E-state index contributed by atoms with van der Waals surface area (Å²) in [4.78, 5) is 2.72. The van der Waals surface area contributed by atoms with Crippen LogP contribution in [-0.4, -0.2) is 30.1 Å². The lowest BCUT2D eigenvalue weighted by Gasteiger charge is -2.51. The van der Waals surface area contributed by atoms with Crippen molar-refractivity contribution in [3.05, 3.63) is 0 Å². The van der Waals surface area contributed by atoms with Crippen LogP contribution in [0.2, 0.25) is 0 Å². The van der Waals surface area contributed by atoms with Gasteiger partial charge in [-0.2, -0.15) is 0 Å². The third-order valence-corrected chi connectivity index (χ3v) is 6.11. The van der Waals surface area contributed by atoms with E-state index in [0.717, 1.165) is 12.0 Å². The number of rotatable bonds is 4. The Balaban J connectivity index is 1.96. The molecule has 0 aromatic heterocycles. The molecule has 1 aliphatic carbocycles. The van der Waals surface area contributed by atoms with Gasteiger partial charge in [-0.1, -0.05) is 33.1 Å². The van der Waals surface area contributed by atoms with Crippen molar-refractivity contribution in [2.75, 3.05) is 19.6 Å². The zero-order valence-electron chi connectivity index (χ0n) is 12.5. The summed E-state index contributed by atoms with van der Waals surface area (Å²) in [5.41, 5.74) is 7.09. The normalized spacial score (nSPS) is 25.5. The maximum Gasteiger partial charge on any atom is 0.0326 e. The van der Waals surface area contributed by atoms with E-state index in [9.17, 15) is 0 Å². The quantitative estimate of drug-likeness (QED) is 0.829. The third kappa shape index (κ3) is 2.60. The van der Waals surface area contributed by atoms with E-state index in [4.69, 9.17) is 5.73 Å². The Hall–Kier alpha value is -0.0800. The molecule has 106 valence electrons. The minimum atomic E-state index is 0.288. The highest BCUT2D eigenvalue weighted by molar-refractivity contribution is 4.96. The maximum absolute atomic E-state index is 6.09. The predicted molar refractivity (Wildman–Crippen MR) is 78.7 cm³/mol. The molecule has 0 radical (unpaired) electrons. The van der Waals surface area contributed by atoms with Crippen molar-refractivity contribution in [1.82, 2.24) is 4.90 Å². The largest absolute Gasteiger partial charge is 0.329 e. The highest BCUT2D eigenvalue weighted by Crippen LogP contribution is 2.45. The minimum absolute atomic E-state index is 0.288. The molecule has 2 aliphatic rings. The van der Waals surface area contributed by atoms with Crippen molar-refractivity contribution in [2.45, 2.75) is 77.2 Å². The number of nitrogens with two attached hydrogens (primary N) is 1. The molecule has 2 heteroatoms. The maximum atomic E-state index is 6.09. The Bertz CT molecular complexity index is 234. The SMILES string of the molecule is CCC(CC)(CN)N1CCC2(CCCCC2)CC1. The van der Waals surface area contributed by atoms with E-state index in [1.54, 1.807) is 0 Å². The Kier molecular flexibility index (Phi) is 4.71. The average Bonchev–Trinajstić information content (AvgIpc) is 2.44. The summed E-state index contributed by atoms with van der Waals surface area (Å²) in [6.07, 6.45) is 12.7. The lowest BCUT2D eigenvalue weighted by molar-refractivity contribution is -0.000118. The summed E-state index contributed by atoms with van der Waals surface area (Å²) in [6, 6.07) is 0. The molecule has 1 heterocycles. The van der Waals surface area contributed by atoms with E-state index >= 15 is 0 Å². The van der Waals surface area contributed by atoms with Gasteiger partial charge in [-0.25, -0.2) is 0 Å². The number of piperidine rings is 1. The van der Waals surface area contributed by atoms with Crippen molar-refractivity contribution in [3.8, 4) is 0 Å². The molecule has 0 aromatic carbocycles. The molecule has 18 heavy (non-hydrogen) atoms. The fourth-order valence-electron chi connectivity index (χ4n) is 4.37. The second-order valence-electron chi connectivity index (χ2n) is 6.68. The Morgan fingerprint density at radius 2 is 1.50 bits per heavy atom. The Labute approximate surface area is 113 Å². The second-order valence-corrected chi connectivity index (χ2v) is 6.68. The van der Waals surface area contributed by atoms with E-state index in [0.29, 0.717) is 0 Å². The van der Waals surface area contributed by atoms with Crippen LogP contribution in [-0.2, 0) is 0 Å². The first-order valence-electron chi connectivity index (χ1n) is 8.15. The van der Waals surface area contributed by atoms with Gasteiger partial charge in [0.1, 0.15) is 0 Å². The summed E-state index contributed by atoms with van der Waals surface area (Å²) in [5.74, 6) is 0. The molecule has 0 amide bonds. The van der Waals surface area contributed by atoms with Gasteiger partial charge in [-0.3, -0.25) is 4.90 Å². The lowest BCUT2D eigenvalue weighted by Crippen LogP contribution is -2.57. The zero-order chi connectivity index (χ0) is 13.1. The molecule has 2 fully saturated rings. The van der Waals surface area contributed by atoms with Crippen LogP contribution in [0.1, 0.15) is 71.6 Å². The molecule has 2 N–H and O–H groups in total. The van der Waals surface area contributed by atoms with Gasteiger partial charge in [0.2, 0.25) is 0 Å². The molecule has 1 aliphatic heterocycles. The second kappa shape index (κ2) is 5.92. The summed E-state index contributed by atoms with van der Waals surface area (Å²) in [5, 5.41) is 0. The standard InChI is InChI=1S/C16H32N2/c1-3-16(4-2,14-17)18-12-10-15(11-13-18)8-6-5-7-9-15/h3-14,17H2,1-2H3. The summed E-state index contributed by atoms with van der Waals surface area (Å²) in [7, 11) is 0. The molecule has 0 atom stereocenters. The van der Waals surface area contributed by atoms with Crippen molar-refractivity contribution >= 4 is 0 Å². The smallest absolute Gasteiger partial charge is 0.0326 e. The van der Waals surface area contributed by atoms with E-state index in [1.165, 1.54) is 70.9 Å². The predicted octanol–water partition coefficient (Wildman–Crippen LogP) is 3.55. The fourth-order valence-corrected chi connectivity index (χ4v) is 4.37. The van der Waals surface area contributed by atoms with Crippen LogP contribution in [0, 0.1) is 5.41 Å². The van der Waals surface area contributed by atoms with E-state index < -0.39 is 0 Å². The van der Waals surface area contributed by atoms with Crippen LogP contribution in [0.3, 0.4) is 0 Å². The molecule has 0 unspecified atom stereocenters. The molecule has 2 nitrogen and oxygen atoms in total. The number of nitrogens with zero attached hydrogens (tertiary/aromatic N) is 1. The first kappa shape index (κ1) is 14.3. The fraction of sp³-hybridized carbons (Fsp3) is 1.00. The molecular formula is C16H32N2. The molecule has 2 rings (SSSR count). The highest BCUT2D eigenvalue weighted by atomic mass is 15.2. The number of hydrogen-bond acceptors (Lipinski definition) is 2. The summed E-state index contributed by atoms with van der Waals surface area (Å²) in [6.45, 7) is 8.02. The third-order valence-electron chi connectivity index (χ3n) is 6.11. The van der Waals surface area contributed by atoms with Gasteiger partial charge in [0.05, 0.1) is 0 Å². The summed E-state index contributed by atoms with van der Waals surface area (Å²) >= 11 is 0. The van der Waals surface area contributed by atoms with Gasteiger partial charge in [0, 0.05) is 12.1 Å². The number of likely N-dealkylation sites (tertiary alicyclic amines) is 1. The van der Waals surface area contributed by atoms with Crippen LogP contribution in [0.15, 0.2) is 0 Å². The molecule has 0 bridgehead atoms. The average molecular weight is 252 g/mol. The zero-order valence-corrected chi connectivity index (χ0v) is 12.5. The van der Waals surface area contributed by atoms with E-state index in [1.807, 2.05) is 0 Å². The van der Waals surface area contributed by atoms with Crippen molar-refractivity contribution in [1.29, 1.82) is 0 Å². The van der Waals surface area contributed by atoms with Crippen LogP contribution >= 0.6 is 0 Å². The van der Waals surface area contributed by atoms with E-state index in [2.05, 4.69) is 18.7 Å². The topological polar surface area (TPSA) is 29.3 Å². The monoisotopic (exact) mass is 252 g/mol.